The number of rotatable bonds is 8. The summed E-state index contributed by atoms with van der Waals surface area (Å²) in [4.78, 5) is 4.53. The molecule has 1 unspecified atom stereocenters. The number of amidine groups is 1. The largest absolute Gasteiger partial charge is 0.380 e. The molecule has 0 radical (unpaired) electrons. The molecule has 0 fully saturated rings. The number of hydrogen-bond donors (Lipinski definition) is 1. The predicted molar refractivity (Wildman–Crippen MR) is 81.4 cm³/mol. The maximum Gasteiger partial charge on any atom is 0.157 e. The molecule has 1 aliphatic heterocycles. The van der Waals surface area contributed by atoms with Gasteiger partial charge in [-0.3, -0.25) is 4.99 Å². The van der Waals surface area contributed by atoms with Gasteiger partial charge in [-0.2, -0.15) is 0 Å². The van der Waals surface area contributed by atoms with E-state index in [0.717, 1.165) is 49.7 Å². The van der Waals surface area contributed by atoms with Crippen molar-refractivity contribution in [2.45, 2.75) is 45.8 Å². The maximum absolute atomic E-state index is 5.57. The highest BCUT2D eigenvalue weighted by atomic mass is 32.2. The molecule has 18 heavy (non-hydrogen) atoms. The molecule has 1 heterocycles. The molecule has 1 atom stereocenters. The van der Waals surface area contributed by atoms with Gasteiger partial charge in [0.25, 0.3) is 0 Å². The molecule has 0 amide bonds. The van der Waals surface area contributed by atoms with Crippen LogP contribution in [0.2, 0.25) is 0 Å². The van der Waals surface area contributed by atoms with Gasteiger partial charge in [-0.15, -0.1) is 0 Å². The Morgan fingerprint density at radius 3 is 2.72 bits per heavy atom. The first-order valence-electron chi connectivity index (χ1n) is 7.10. The molecule has 1 rings (SSSR count). The van der Waals surface area contributed by atoms with E-state index in [0.29, 0.717) is 5.25 Å². The van der Waals surface area contributed by atoms with Gasteiger partial charge < -0.3 is 10.1 Å². The molecule has 3 nitrogen and oxygen atoms in total. The van der Waals surface area contributed by atoms with Crippen molar-refractivity contribution in [1.82, 2.24) is 5.32 Å². The molecule has 0 spiro atoms. The van der Waals surface area contributed by atoms with Gasteiger partial charge >= 0.3 is 0 Å². The van der Waals surface area contributed by atoms with Gasteiger partial charge in [-0.1, -0.05) is 39.5 Å². The minimum Gasteiger partial charge on any atom is -0.380 e. The summed E-state index contributed by atoms with van der Waals surface area (Å²) in [6.07, 6.45) is 2.40. The maximum atomic E-state index is 5.57. The molecule has 0 aromatic heterocycles. The van der Waals surface area contributed by atoms with Crippen molar-refractivity contribution in [3.8, 4) is 0 Å². The summed E-state index contributed by atoms with van der Waals surface area (Å²) in [7, 11) is 0. The number of thioether (sulfide) groups is 1. The molecule has 1 aliphatic rings. The second-order valence-electron chi connectivity index (χ2n) is 5.74. The van der Waals surface area contributed by atoms with Gasteiger partial charge in [0.15, 0.2) is 5.17 Å². The third kappa shape index (κ3) is 7.27. The van der Waals surface area contributed by atoms with E-state index in [1.807, 2.05) is 11.8 Å². The second kappa shape index (κ2) is 8.81. The van der Waals surface area contributed by atoms with Crippen LogP contribution >= 0.6 is 11.8 Å². The van der Waals surface area contributed by atoms with E-state index in [1.54, 1.807) is 0 Å². The van der Waals surface area contributed by atoms with Crippen LogP contribution in [0.3, 0.4) is 0 Å². The number of hydrogen-bond acceptors (Lipinski definition) is 4. The lowest BCUT2D eigenvalue weighted by molar-refractivity contribution is 0.128. The molecule has 4 heteroatoms. The molecule has 0 aromatic rings. The normalized spacial score (nSPS) is 19.7. The molecule has 0 saturated carbocycles. The molecular formula is C14H28N2OS. The van der Waals surface area contributed by atoms with Crippen molar-refractivity contribution in [2.75, 3.05) is 26.3 Å². The van der Waals surface area contributed by atoms with Gasteiger partial charge in [-0.05, 0) is 24.7 Å². The van der Waals surface area contributed by atoms with Gasteiger partial charge in [0, 0.05) is 18.4 Å². The number of aliphatic imine (C=N–C) groups is 1. The molecule has 0 aromatic carbocycles. The van der Waals surface area contributed by atoms with Crippen molar-refractivity contribution >= 4 is 16.9 Å². The summed E-state index contributed by atoms with van der Waals surface area (Å²) < 4.78 is 5.57. The Morgan fingerprint density at radius 1 is 1.28 bits per heavy atom. The van der Waals surface area contributed by atoms with Crippen molar-refractivity contribution in [3.63, 3.8) is 0 Å². The lowest BCUT2D eigenvalue weighted by atomic mass is 10.1. The first-order valence-corrected chi connectivity index (χ1v) is 7.98. The third-order valence-corrected chi connectivity index (χ3v) is 3.98. The topological polar surface area (TPSA) is 33.6 Å². The highest BCUT2D eigenvalue weighted by Gasteiger charge is 2.19. The van der Waals surface area contributed by atoms with Crippen molar-refractivity contribution < 1.29 is 4.74 Å². The molecule has 106 valence electrons. The number of nitrogens with zero attached hydrogens (tertiary/aromatic N) is 1. The fourth-order valence-electron chi connectivity index (χ4n) is 1.81. The quantitative estimate of drug-likeness (QED) is 0.689. The van der Waals surface area contributed by atoms with Crippen molar-refractivity contribution in [3.05, 3.63) is 0 Å². The Labute approximate surface area is 116 Å². The Balaban J connectivity index is 1.97. The van der Waals surface area contributed by atoms with Crippen LogP contribution in [0.1, 0.15) is 40.5 Å². The standard InChI is InChI=1S/C14H28N2OS/c1-11(2)5-7-17-8-6-15-14-16-10-13(18-14)9-12(3)4/h11-13H,5-10H2,1-4H3,(H,15,16). The zero-order valence-corrected chi connectivity index (χ0v) is 13.1. The lowest BCUT2D eigenvalue weighted by Gasteiger charge is -2.11. The minimum absolute atomic E-state index is 0.675. The summed E-state index contributed by atoms with van der Waals surface area (Å²) >= 11 is 1.89. The van der Waals surface area contributed by atoms with E-state index < -0.39 is 0 Å². The van der Waals surface area contributed by atoms with Gasteiger partial charge in [-0.25, -0.2) is 0 Å². The van der Waals surface area contributed by atoms with Gasteiger partial charge in [0.2, 0.25) is 0 Å². The predicted octanol–water partition coefficient (Wildman–Crippen LogP) is 3.16. The zero-order valence-electron chi connectivity index (χ0n) is 12.2. The SMILES string of the molecule is CC(C)CCOCCNC1=NCC(CC(C)C)S1. The molecule has 0 aliphatic carbocycles. The zero-order chi connectivity index (χ0) is 13.4. The molecule has 0 bridgehead atoms. The van der Waals surface area contributed by atoms with E-state index >= 15 is 0 Å². The Morgan fingerprint density at radius 2 is 2.06 bits per heavy atom. The third-order valence-electron chi connectivity index (χ3n) is 2.81. The summed E-state index contributed by atoms with van der Waals surface area (Å²) in [5.74, 6) is 1.49. The molecular weight excluding hydrogens is 244 g/mol. The van der Waals surface area contributed by atoms with Crippen LogP contribution in [0.25, 0.3) is 0 Å². The Bertz CT molecular complexity index is 254. The highest BCUT2D eigenvalue weighted by Crippen LogP contribution is 2.25. The van der Waals surface area contributed by atoms with Crippen molar-refractivity contribution in [2.24, 2.45) is 16.8 Å². The fraction of sp³-hybridized carbons (Fsp3) is 0.929. The van der Waals surface area contributed by atoms with Gasteiger partial charge in [0.1, 0.15) is 0 Å². The number of nitrogens with one attached hydrogen (secondary N) is 1. The first kappa shape index (κ1) is 15.8. The van der Waals surface area contributed by atoms with Crippen LogP contribution < -0.4 is 5.32 Å². The average Bonchev–Trinajstić information content (AvgIpc) is 2.69. The molecule has 0 saturated heterocycles. The van der Waals surface area contributed by atoms with Crippen LogP contribution in [0, 0.1) is 11.8 Å². The minimum atomic E-state index is 0.675. The first-order chi connectivity index (χ1) is 8.58. The van der Waals surface area contributed by atoms with E-state index in [-0.39, 0.29) is 0 Å². The monoisotopic (exact) mass is 272 g/mol. The molecule has 1 N–H and O–H groups in total. The van der Waals surface area contributed by atoms with E-state index in [2.05, 4.69) is 38.0 Å². The average molecular weight is 272 g/mol. The summed E-state index contributed by atoms with van der Waals surface area (Å²) in [6, 6.07) is 0. The number of ether oxygens (including phenoxy) is 1. The fourth-order valence-corrected chi connectivity index (χ4v) is 3.09. The van der Waals surface area contributed by atoms with E-state index in [9.17, 15) is 0 Å². The highest BCUT2D eigenvalue weighted by molar-refractivity contribution is 8.14. The van der Waals surface area contributed by atoms with Crippen molar-refractivity contribution in [1.29, 1.82) is 0 Å². The van der Waals surface area contributed by atoms with Crippen LogP contribution in [0.5, 0.6) is 0 Å². The summed E-state index contributed by atoms with van der Waals surface area (Å²) in [5.41, 5.74) is 0. The van der Waals surface area contributed by atoms with E-state index in [4.69, 9.17) is 4.74 Å². The van der Waals surface area contributed by atoms with Crippen LogP contribution in [-0.4, -0.2) is 36.7 Å². The summed E-state index contributed by atoms with van der Waals surface area (Å²) in [5, 5.41) is 5.14. The van der Waals surface area contributed by atoms with E-state index in [1.165, 1.54) is 6.42 Å². The summed E-state index contributed by atoms with van der Waals surface area (Å²) in [6.45, 7) is 12.5. The second-order valence-corrected chi connectivity index (χ2v) is 7.03. The van der Waals surface area contributed by atoms with Gasteiger partial charge in [0.05, 0.1) is 13.2 Å². The lowest BCUT2D eigenvalue weighted by Crippen LogP contribution is -2.24. The Kier molecular flexibility index (Phi) is 7.75. The van der Waals surface area contributed by atoms with Crippen LogP contribution in [0.4, 0.5) is 0 Å². The van der Waals surface area contributed by atoms with Crippen LogP contribution in [-0.2, 0) is 4.74 Å². The Hall–Kier alpha value is -0.220. The van der Waals surface area contributed by atoms with Crippen LogP contribution in [0.15, 0.2) is 4.99 Å². The smallest absolute Gasteiger partial charge is 0.157 e.